The fourth-order valence-corrected chi connectivity index (χ4v) is 1.45. The largest absolute Gasteiger partial charge is 0.285 e. The zero-order valence-electron chi connectivity index (χ0n) is 7.55. The summed E-state index contributed by atoms with van der Waals surface area (Å²) in [4.78, 5) is 11.0. The molecule has 1 atom stereocenters. The molecule has 1 N–H and O–H groups in total. The van der Waals surface area contributed by atoms with Crippen molar-refractivity contribution >= 4 is 5.91 Å². The van der Waals surface area contributed by atoms with Gasteiger partial charge in [-0.15, -0.1) is 0 Å². The van der Waals surface area contributed by atoms with Crippen molar-refractivity contribution in [2.45, 2.75) is 32.2 Å². The highest BCUT2D eigenvalue weighted by Crippen LogP contribution is 2.13. The summed E-state index contributed by atoms with van der Waals surface area (Å²) in [6, 6.07) is 0.461. The Balaban J connectivity index is 2.38. The van der Waals surface area contributed by atoms with Crippen molar-refractivity contribution in [3.05, 3.63) is 12.7 Å². The maximum Gasteiger partial charge on any atom is 0.257 e. The van der Waals surface area contributed by atoms with Gasteiger partial charge in [0.05, 0.1) is 0 Å². The zero-order chi connectivity index (χ0) is 8.97. The number of nitrogens with one attached hydrogen (secondary N) is 1. The summed E-state index contributed by atoms with van der Waals surface area (Å²) in [5.41, 5.74) is 2.79. The molecule has 68 valence electrons. The first kappa shape index (κ1) is 9.26. The lowest BCUT2D eigenvalue weighted by Crippen LogP contribution is -2.49. The van der Waals surface area contributed by atoms with E-state index in [0.717, 1.165) is 13.0 Å². The lowest BCUT2D eigenvalue weighted by Gasteiger charge is -2.32. The van der Waals surface area contributed by atoms with Crippen molar-refractivity contribution in [1.82, 2.24) is 10.4 Å². The van der Waals surface area contributed by atoms with Crippen LogP contribution >= 0.6 is 0 Å². The van der Waals surface area contributed by atoms with Crippen LogP contribution in [0.25, 0.3) is 0 Å². The highest BCUT2D eigenvalue weighted by atomic mass is 16.2. The van der Waals surface area contributed by atoms with Crippen molar-refractivity contribution in [1.29, 1.82) is 0 Å². The van der Waals surface area contributed by atoms with E-state index in [-0.39, 0.29) is 5.91 Å². The standard InChI is InChI=1S/C9H16N2O/c1-3-9(12)10-11-7-5-4-6-8(11)2/h3,8H,1,4-7H2,2H3,(H,10,12). The van der Waals surface area contributed by atoms with E-state index in [1.807, 2.05) is 5.01 Å². The van der Waals surface area contributed by atoms with Gasteiger partial charge in [-0.1, -0.05) is 13.0 Å². The molecule has 0 bridgehead atoms. The number of rotatable bonds is 2. The summed E-state index contributed by atoms with van der Waals surface area (Å²) < 4.78 is 0. The van der Waals surface area contributed by atoms with Gasteiger partial charge in [0.15, 0.2) is 0 Å². The van der Waals surface area contributed by atoms with Gasteiger partial charge in [-0.05, 0) is 25.8 Å². The lowest BCUT2D eigenvalue weighted by molar-refractivity contribution is -0.122. The molecule has 0 aromatic carbocycles. The minimum atomic E-state index is -0.108. The van der Waals surface area contributed by atoms with Crippen LogP contribution in [0.5, 0.6) is 0 Å². The Bertz CT molecular complexity index is 179. The maximum absolute atomic E-state index is 11.0. The predicted molar refractivity (Wildman–Crippen MR) is 48.4 cm³/mol. The van der Waals surface area contributed by atoms with Gasteiger partial charge in [0.25, 0.3) is 5.91 Å². The Kier molecular flexibility index (Phi) is 3.29. The Hall–Kier alpha value is -0.830. The second kappa shape index (κ2) is 4.26. The quantitative estimate of drug-likeness (QED) is 0.626. The molecule has 0 radical (unpaired) electrons. The molecule has 1 amide bonds. The zero-order valence-corrected chi connectivity index (χ0v) is 7.55. The van der Waals surface area contributed by atoms with Crippen LogP contribution in [0.2, 0.25) is 0 Å². The van der Waals surface area contributed by atoms with Crippen molar-refractivity contribution in [2.24, 2.45) is 0 Å². The van der Waals surface area contributed by atoms with Gasteiger partial charge < -0.3 is 0 Å². The first-order valence-electron chi connectivity index (χ1n) is 4.43. The first-order chi connectivity index (χ1) is 5.74. The molecular formula is C9H16N2O. The molecule has 0 aliphatic carbocycles. The first-order valence-corrected chi connectivity index (χ1v) is 4.43. The number of nitrogens with zero attached hydrogens (tertiary/aromatic N) is 1. The third-order valence-electron chi connectivity index (χ3n) is 2.24. The maximum atomic E-state index is 11.0. The van der Waals surface area contributed by atoms with Gasteiger partial charge in [0.1, 0.15) is 0 Å². The summed E-state index contributed by atoms with van der Waals surface area (Å²) in [6.45, 7) is 6.50. The van der Waals surface area contributed by atoms with Gasteiger partial charge in [0.2, 0.25) is 0 Å². The fourth-order valence-electron chi connectivity index (χ4n) is 1.45. The molecule has 1 aliphatic rings. The molecule has 0 spiro atoms. The van der Waals surface area contributed by atoms with Crippen LogP contribution in [0.1, 0.15) is 26.2 Å². The molecule has 3 nitrogen and oxygen atoms in total. The number of carbonyl (C=O) groups is 1. The summed E-state index contributed by atoms with van der Waals surface area (Å²) in [5, 5.41) is 1.99. The summed E-state index contributed by atoms with van der Waals surface area (Å²) >= 11 is 0. The Labute approximate surface area is 73.4 Å². The van der Waals surface area contributed by atoms with Gasteiger partial charge >= 0.3 is 0 Å². The highest BCUT2D eigenvalue weighted by Gasteiger charge is 2.18. The third-order valence-corrected chi connectivity index (χ3v) is 2.24. The van der Waals surface area contributed by atoms with E-state index in [1.54, 1.807) is 0 Å². The Morgan fingerprint density at radius 1 is 1.67 bits per heavy atom. The molecule has 1 aliphatic heterocycles. The van der Waals surface area contributed by atoms with Crippen molar-refractivity contribution in [3.8, 4) is 0 Å². The van der Waals surface area contributed by atoms with Gasteiger partial charge in [-0.25, -0.2) is 5.01 Å². The second-order valence-corrected chi connectivity index (χ2v) is 3.22. The number of carbonyl (C=O) groups excluding carboxylic acids is 1. The molecule has 1 rings (SSSR count). The molecule has 1 fully saturated rings. The molecular weight excluding hydrogens is 152 g/mol. The van der Waals surface area contributed by atoms with E-state index < -0.39 is 0 Å². The number of hydrogen-bond acceptors (Lipinski definition) is 2. The van der Waals surface area contributed by atoms with Crippen LogP contribution in [-0.2, 0) is 4.79 Å². The molecule has 0 aromatic heterocycles. The molecule has 0 aromatic rings. The van der Waals surface area contributed by atoms with Crippen LogP contribution in [0.15, 0.2) is 12.7 Å². The van der Waals surface area contributed by atoms with Crippen LogP contribution in [0, 0.1) is 0 Å². The van der Waals surface area contributed by atoms with Crippen LogP contribution in [0.4, 0.5) is 0 Å². The van der Waals surface area contributed by atoms with Gasteiger partial charge in [0, 0.05) is 12.6 Å². The highest BCUT2D eigenvalue weighted by molar-refractivity contribution is 5.86. The second-order valence-electron chi connectivity index (χ2n) is 3.22. The Morgan fingerprint density at radius 3 is 3.00 bits per heavy atom. The van der Waals surface area contributed by atoms with Crippen LogP contribution in [-0.4, -0.2) is 23.5 Å². The van der Waals surface area contributed by atoms with Crippen molar-refractivity contribution < 1.29 is 4.79 Å². The normalized spacial score (nSPS) is 24.9. The van der Waals surface area contributed by atoms with Crippen molar-refractivity contribution in [3.63, 3.8) is 0 Å². The summed E-state index contributed by atoms with van der Waals surface area (Å²) in [6.07, 6.45) is 4.90. The predicted octanol–water partition coefficient (Wildman–Crippen LogP) is 1.08. The molecule has 12 heavy (non-hydrogen) atoms. The minimum Gasteiger partial charge on any atom is -0.285 e. The topological polar surface area (TPSA) is 32.3 Å². The molecule has 0 saturated carbocycles. The summed E-state index contributed by atoms with van der Waals surface area (Å²) in [5.74, 6) is -0.108. The van der Waals surface area contributed by atoms with E-state index >= 15 is 0 Å². The number of hydrogen-bond donors (Lipinski definition) is 1. The average molecular weight is 168 g/mol. The molecule has 1 saturated heterocycles. The molecule has 1 unspecified atom stereocenters. The molecule has 3 heteroatoms. The van der Waals surface area contributed by atoms with E-state index in [9.17, 15) is 4.79 Å². The summed E-state index contributed by atoms with van der Waals surface area (Å²) in [7, 11) is 0. The number of piperidine rings is 1. The lowest BCUT2D eigenvalue weighted by atomic mass is 10.1. The number of amides is 1. The Morgan fingerprint density at radius 2 is 2.42 bits per heavy atom. The van der Waals surface area contributed by atoms with Crippen molar-refractivity contribution in [2.75, 3.05) is 6.54 Å². The van der Waals surface area contributed by atoms with Gasteiger partial charge in [-0.2, -0.15) is 0 Å². The SMILES string of the molecule is C=CC(=O)NN1CCCCC1C. The fraction of sp³-hybridized carbons (Fsp3) is 0.667. The van der Waals surface area contributed by atoms with E-state index in [1.165, 1.54) is 18.9 Å². The number of hydrazine groups is 1. The minimum absolute atomic E-state index is 0.108. The molecule has 1 heterocycles. The third kappa shape index (κ3) is 2.34. The smallest absolute Gasteiger partial charge is 0.257 e. The average Bonchev–Trinajstić information content (AvgIpc) is 2.09. The van der Waals surface area contributed by atoms with E-state index in [4.69, 9.17) is 0 Å². The monoisotopic (exact) mass is 168 g/mol. The van der Waals surface area contributed by atoms with Gasteiger partial charge in [-0.3, -0.25) is 10.2 Å². The van der Waals surface area contributed by atoms with Crippen LogP contribution in [0.3, 0.4) is 0 Å². The van der Waals surface area contributed by atoms with Crippen LogP contribution < -0.4 is 5.43 Å². The van der Waals surface area contributed by atoms with E-state index in [0.29, 0.717) is 6.04 Å². The van der Waals surface area contributed by atoms with E-state index in [2.05, 4.69) is 18.9 Å².